The summed E-state index contributed by atoms with van der Waals surface area (Å²) < 4.78 is 6.56. The van der Waals surface area contributed by atoms with E-state index in [2.05, 4.69) is 15.4 Å². The van der Waals surface area contributed by atoms with E-state index in [-0.39, 0.29) is 0 Å². The number of amides is 1. The first-order valence-electron chi connectivity index (χ1n) is 7.82. The molecule has 0 radical (unpaired) electrons. The normalized spacial score (nSPS) is 10.4. The summed E-state index contributed by atoms with van der Waals surface area (Å²) in [6, 6.07) is 11.9. The SMILES string of the molecule is CSc1ccc(C(=O)OCC(=O)Nc2cc(Cl)ccc2-n2cncn2)cc1. The molecule has 0 bridgehead atoms. The molecule has 0 spiro atoms. The molecular weight excluding hydrogens is 388 g/mol. The van der Waals surface area contributed by atoms with E-state index in [0.29, 0.717) is 22.0 Å². The Kier molecular flexibility index (Phi) is 6.10. The number of thioether (sulfide) groups is 1. The van der Waals surface area contributed by atoms with E-state index in [4.69, 9.17) is 16.3 Å². The molecule has 1 N–H and O–H groups in total. The standard InChI is InChI=1S/C18H15ClN4O3S/c1-27-14-5-2-12(3-6-14)18(25)26-9-17(24)22-15-8-13(19)4-7-16(15)23-11-20-10-21-23/h2-8,10-11H,9H2,1H3,(H,22,24). The first-order chi connectivity index (χ1) is 13.1. The Bertz CT molecular complexity index is 946. The number of halogens is 1. The van der Waals surface area contributed by atoms with E-state index >= 15 is 0 Å². The summed E-state index contributed by atoms with van der Waals surface area (Å²) >= 11 is 7.58. The maximum atomic E-state index is 12.2. The van der Waals surface area contributed by atoms with Crippen LogP contribution >= 0.6 is 23.4 Å². The van der Waals surface area contributed by atoms with Crippen LogP contribution in [0.3, 0.4) is 0 Å². The smallest absolute Gasteiger partial charge is 0.338 e. The van der Waals surface area contributed by atoms with Gasteiger partial charge in [-0.25, -0.2) is 14.5 Å². The summed E-state index contributed by atoms with van der Waals surface area (Å²) in [4.78, 5) is 29.2. The molecule has 0 aliphatic rings. The molecule has 3 rings (SSSR count). The number of rotatable bonds is 6. The molecule has 0 fully saturated rings. The summed E-state index contributed by atoms with van der Waals surface area (Å²) in [6.45, 7) is -0.424. The molecule has 2 aromatic carbocycles. The van der Waals surface area contributed by atoms with E-state index in [1.807, 2.05) is 18.4 Å². The first kappa shape index (κ1) is 18.9. The molecule has 0 aliphatic heterocycles. The minimum atomic E-state index is -0.569. The van der Waals surface area contributed by atoms with Gasteiger partial charge in [-0.3, -0.25) is 4.79 Å². The highest BCUT2D eigenvalue weighted by molar-refractivity contribution is 7.98. The third-order valence-electron chi connectivity index (χ3n) is 3.56. The zero-order chi connectivity index (χ0) is 19.2. The van der Waals surface area contributed by atoms with Crippen molar-refractivity contribution < 1.29 is 14.3 Å². The van der Waals surface area contributed by atoms with Crippen molar-refractivity contribution in [3.8, 4) is 5.69 Å². The fraction of sp³-hybridized carbons (Fsp3) is 0.111. The quantitative estimate of drug-likeness (QED) is 0.502. The van der Waals surface area contributed by atoms with Crippen LogP contribution in [0.4, 0.5) is 5.69 Å². The molecule has 0 saturated heterocycles. The van der Waals surface area contributed by atoms with E-state index in [9.17, 15) is 9.59 Å². The number of ether oxygens (including phenoxy) is 1. The van der Waals surface area contributed by atoms with Crippen LogP contribution in [0, 0.1) is 0 Å². The number of hydrogen-bond acceptors (Lipinski definition) is 6. The van der Waals surface area contributed by atoms with Crippen LogP contribution in [-0.4, -0.2) is 39.5 Å². The summed E-state index contributed by atoms with van der Waals surface area (Å²) in [5.74, 6) is -1.06. The third-order valence-corrected chi connectivity index (χ3v) is 4.54. The Morgan fingerprint density at radius 2 is 2.00 bits per heavy atom. The van der Waals surface area contributed by atoms with Gasteiger partial charge in [0.1, 0.15) is 12.7 Å². The van der Waals surface area contributed by atoms with Crippen molar-refractivity contribution in [3.05, 3.63) is 65.7 Å². The molecule has 0 atom stereocenters. The van der Waals surface area contributed by atoms with E-state index in [0.717, 1.165) is 4.90 Å². The maximum absolute atomic E-state index is 12.2. The lowest BCUT2D eigenvalue weighted by molar-refractivity contribution is -0.119. The number of benzene rings is 2. The Hall–Kier alpha value is -2.84. The Morgan fingerprint density at radius 1 is 1.22 bits per heavy atom. The average molecular weight is 403 g/mol. The zero-order valence-electron chi connectivity index (χ0n) is 14.3. The van der Waals surface area contributed by atoms with Gasteiger partial charge in [-0.2, -0.15) is 5.10 Å². The van der Waals surface area contributed by atoms with Gasteiger partial charge in [0, 0.05) is 9.92 Å². The number of hydrogen-bond donors (Lipinski definition) is 1. The fourth-order valence-electron chi connectivity index (χ4n) is 2.27. The van der Waals surface area contributed by atoms with Crippen LogP contribution in [-0.2, 0) is 9.53 Å². The van der Waals surface area contributed by atoms with Crippen molar-refractivity contribution in [1.82, 2.24) is 14.8 Å². The minimum Gasteiger partial charge on any atom is -0.452 e. The van der Waals surface area contributed by atoms with Crippen molar-refractivity contribution in [3.63, 3.8) is 0 Å². The summed E-state index contributed by atoms with van der Waals surface area (Å²) in [7, 11) is 0. The minimum absolute atomic E-state index is 0.381. The number of esters is 1. The van der Waals surface area contributed by atoms with Gasteiger partial charge in [0.25, 0.3) is 5.91 Å². The molecular formula is C18H15ClN4O3S. The molecule has 27 heavy (non-hydrogen) atoms. The van der Waals surface area contributed by atoms with E-state index < -0.39 is 18.5 Å². The molecule has 0 aliphatic carbocycles. The second kappa shape index (κ2) is 8.70. The highest BCUT2D eigenvalue weighted by Crippen LogP contribution is 2.24. The van der Waals surface area contributed by atoms with E-state index in [1.165, 1.54) is 17.3 Å². The molecule has 9 heteroatoms. The number of nitrogens with zero attached hydrogens (tertiary/aromatic N) is 3. The number of anilines is 1. The highest BCUT2D eigenvalue weighted by atomic mass is 35.5. The van der Waals surface area contributed by atoms with Gasteiger partial charge in [0.2, 0.25) is 0 Å². The van der Waals surface area contributed by atoms with Crippen molar-refractivity contribution in [1.29, 1.82) is 0 Å². The third kappa shape index (κ3) is 4.87. The summed E-state index contributed by atoms with van der Waals surface area (Å²) in [6.07, 6.45) is 4.82. The number of carbonyl (C=O) groups excluding carboxylic acids is 2. The van der Waals surface area contributed by atoms with Gasteiger partial charge in [-0.15, -0.1) is 11.8 Å². The molecule has 0 saturated carbocycles. The monoisotopic (exact) mass is 402 g/mol. The van der Waals surface area contributed by atoms with Crippen LogP contribution in [0.5, 0.6) is 0 Å². The second-order valence-corrected chi connectivity index (χ2v) is 6.67. The lowest BCUT2D eigenvalue weighted by atomic mass is 10.2. The molecule has 3 aromatic rings. The maximum Gasteiger partial charge on any atom is 0.338 e. The number of aromatic nitrogens is 3. The predicted octanol–water partition coefficient (Wildman–Crippen LogP) is 3.44. The van der Waals surface area contributed by atoms with Crippen molar-refractivity contribution in [2.24, 2.45) is 0 Å². The largest absolute Gasteiger partial charge is 0.452 e. The molecule has 1 heterocycles. The van der Waals surface area contributed by atoms with Crippen LogP contribution in [0.2, 0.25) is 5.02 Å². The second-order valence-electron chi connectivity index (χ2n) is 5.35. The van der Waals surface area contributed by atoms with Gasteiger partial charge >= 0.3 is 5.97 Å². The number of nitrogens with one attached hydrogen (secondary N) is 1. The van der Waals surface area contributed by atoms with Crippen LogP contribution in [0.1, 0.15) is 10.4 Å². The average Bonchev–Trinajstić information content (AvgIpc) is 3.21. The van der Waals surface area contributed by atoms with Crippen molar-refractivity contribution in [2.75, 3.05) is 18.2 Å². The topological polar surface area (TPSA) is 86.1 Å². The summed E-state index contributed by atoms with van der Waals surface area (Å²) in [5.41, 5.74) is 1.40. The van der Waals surface area contributed by atoms with Crippen LogP contribution in [0.15, 0.2) is 60.0 Å². The molecule has 0 unspecified atom stereocenters. The summed E-state index contributed by atoms with van der Waals surface area (Å²) in [5, 5.41) is 7.15. The lowest BCUT2D eigenvalue weighted by Gasteiger charge is -2.11. The molecule has 1 aromatic heterocycles. The molecule has 7 nitrogen and oxygen atoms in total. The van der Waals surface area contributed by atoms with Gasteiger partial charge in [-0.1, -0.05) is 11.6 Å². The van der Waals surface area contributed by atoms with Crippen molar-refractivity contribution in [2.45, 2.75) is 4.90 Å². The first-order valence-corrected chi connectivity index (χ1v) is 9.42. The highest BCUT2D eigenvalue weighted by Gasteiger charge is 2.13. The lowest BCUT2D eigenvalue weighted by Crippen LogP contribution is -2.21. The fourth-order valence-corrected chi connectivity index (χ4v) is 2.85. The van der Waals surface area contributed by atoms with Crippen molar-refractivity contribution >= 4 is 40.9 Å². The number of carbonyl (C=O) groups is 2. The Labute approximate surface area is 164 Å². The zero-order valence-corrected chi connectivity index (χ0v) is 15.8. The predicted molar refractivity (Wildman–Crippen MR) is 104 cm³/mol. The van der Waals surface area contributed by atoms with E-state index in [1.54, 1.807) is 42.1 Å². The Balaban J connectivity index is 1.64. The molecule has 1 amide bonds. The van der Waals surface area contributed by atoms with Crippen LogP contribution in [0.25, 0.3) is 5.69 Å². The van der Waals surface area contributed by atoms with Crippen LogP contribution < -0.4 is 5.32 Å². The van der Waals surface area contributed by atoms with Gasteiger partial charge in [0.05, 0.1) is 16.9 Å². The molecule has 138 valence electrons. The van der Waals surface area contributed by atoms with Gasteiger partial charge in [0.15, 0.2) is 6.61 Å². The van der Waals surface area contributed by atoms with Gasteiger partial charge < -0.3 is 10.1 Å². The Morgan fingerprint density at radius 3 is 2.67 bits per heavy atom. The van der Waals surface area contributed by atoms with Gasteiger partial charge in [-0.05, 0) is 48.7 Å².